The Hall–Kier alpha value is -1.70. The number of amides is 1. The molecule has 1 heterocycles. The monoisotopic (exact) mass is 388 g/mol. The molecule has 26 heavy (non-hydrogen) atoms. The number of morpholine rings is 1. The Morgan fingerprint density at radius 2 is 1.73 bits per heavy atom. The largest absolute Gasteiger partial charge is 0.490 e. The van der Waals surface area contributed by atoms with E-state index in [1.54, 1.807) is 17.0 Å². The predicted molar refractivity (Wildman–Crippen MR) is 102 cm³/mol. The quantitative estimate of drug-likeness (QED) is 0.734. The number of nitrogens with zero attached hydrogens (tertiary/aromatic N) is 1. The molecule has 1 fully saturated rings. The Kier molecular flexibility index (Phi) is 9.54. The minimum Gasteiger partial charge on any atom is -0.490 e. The predicted octanol–water partition coefficient (Wildman–Crippen LogP) is 2.10. The van der Waals surface area contributed by atoms with Crippen LogP contribution in [0.2, 0.25) is 0 Å². The molecule has 1 atom stereocenters. The third-order valence-electron chi connectivity index (χ3n) is 3.84. The first-order chi connectivity index (χ1) is 12.1. The number of carbonyl (C=O) groups is 1. The first kappa shape index (κ1) is 22.3. The minimum absolute atomic E-state index is 0. The third kappa shape index (κ3) is 5.40. The van der Waals surface area contributed by atoms with Crippen LogP contribution in [0.25, 0.3) is 0 Å². The lowest BCUT2D eigenvalue weighted by molar-refractivity contribution is -0.0167. The van der Waals surface area contributed by atoms with E-state index in [1.807, 2.05) is 20.8 Å². The first-order valence-electron chi connectivity index (χ1n) is 8.81. The molecule has 0 aromatic heterocycles. The van der Waals surface area contributed by atoms with Crippen LogP contribution in [0.15, 0.2) is 12.1 Å². The van der Waals surface area contributed by atoms with Crippen LogP contribution in [-0.2, 0) is 4.74 Å². The molecular weight excluding hydrogens is 360 g/mol. The third-order valence-corrected chi connectivity index (χ3v) is 3.84. The number of halogens is 1. The highest BCUT2D eigenvalue weighted by molar-refractivity contribution is 5.95. The van der Waals surface area contributed by atoms with Crippen LogP contribution in [0, 0.1) is 0 Å². The van der Waals surface area contributed by atoms with E-state index in [-0.39, 0.29) is 24.4 Å². The van der Waals surface area contributed by atoms with Crippen molar-refractivity contribution in [2.75, 3.05) is 46.1 Å². The number of hydrogen-bond acceptors (Lipinski definition) is 6. The van der Waals surface area contributed by atoms with E-state index in [0.29, 0.717) is 68.9 Å². The lowest BCUT2D eigenvalue weighted by Crippen LogP contribution is -2.48. The maximum Gasteiger partial charge on any atom is 0.254 e. The molecule has 1 unspecified atom stereocenters. The second-order valence-corrected chi connectivity index (χ2v) is 5.58. The summed E-state index contributed by atoms with van der Waals surface area (Å²) in [6, 6.07) is 3.43. The van der Waals surface area contributed by atoms with Crippen LogP contribution < -0.4 is 19.9 Å². The van der Waals surface area contributed by atoms with E-state index < -0.39 is 0 Å². The van der Waals surface area contributed by atoms with Gasteiger partial charge in [0.2, 0.25) is 5.75 Å². The Bertz CT molecular complexity index is 558. The smallest absolute Gasteiger partial charge is 0.254 e. The Morgan fingerprint density at radius 3 is 2.23 bits per heavy atom. The lowest BCUT2D eigenvalue weighted by Gasteiger charge is -2.32. The molecule has 0 bridgehead atoms. The molecule has 0 spiro atoms. The van der Waals surface area contributed by atoms with Gasteiger partial charge in [-0.3, -0.25) is 4.79 Å². The van der Waals surface area contributed by atoms with Gasteiger partial charge in [0, 0.05) is 25.2 Å². The molecular formula is C18H29ClN2O5. The van der Waals surface area contributed by atoms with Crippen molar-refractivity contribution in [1.82, 2.24) is 4.90 Å². The number of hydrogen-bond donors (Lipinski definition) is 1. The Labute approximate surface area is 161 Å². The summed E-state index contributed by atoms with van der Waals surface area (Å²) in [5.41, 5.74) is 6.17. The van der Waals surface area contributed by atoms with Crippen molar-refractivity contribution in [2.45, 2.75) is 26.9 Å². The SMILES string of the molecule is CCOc1cc(C(=O)N2CCOC(CN)C2)cc(OCC)c1OCC.Cl. The van der Waals surface area contributed by atoms with Gasteiger partial charge in [-0.1, -0.05) is 0 Å². The van der Waals surface area contributed by atoms with Crippen LogP contribution in [0.4, 0.5) is 0 Å². The van der Waals surface area contributed by atoms with Crippen molar-refractivity contribution >= 4 is 18.3 Å². The summed E-state index contributed by atoms with van der Waals surface area (Å²) in [5, 5.41) is 0. The second-order valence-electron chi connectivity index (χ2n) is 5.58. The standard InChI is InChI=1S/C18H28N2O5.ClH/c1-4-22-15-9-13(10-16(23-5-2)17(15)24-6-3)18(21)20-7-8-25-14(11-19)12-20;/h9-10,14H,4-8,11-12,19H2,1-3H3;1H. The molecule has 1 aliphatic rings. The molecule has 2 N–H and O–H groups in total. The zero-order chi connectivity index (χ0) is 18.2. The van der Waals surface area contributed by atoms with E-state index in [2.05, 4.69) is 0 Å². The van der Waals surface area contributed by atoms with Gasteiger partial charge in [-0.15, -0.1) is 12.4 Å². The van der Waals surface area contributed by atoms with E-state index in [4.69, 9.17) is 24.7 Å². The lowest BCUT2D eigenvalue weighted by atomic mass is 10.1. The summed E-state index contributed by atoms with van der Waals surface area (Å²) in [7, 11) is 0. The maximum atomic E-state index is 12.9. The summed E-state index contributed by atoms with van der Waals surface area (Å²) in [6.07, 6.45) is -0.127. The van der Waals surface area contributed by atoms with Gasteiger partial charge >= 0.3 is 0 Å². The van der Waals surface area contributed by atoms with Gasteiger partial charge in [-0.2, -0.15) is 0 Å². The van der Waals surface area contributed by atoms with Crippen LogP contribution in [0.5, 0.6) is 17.2 Å². The summed E-state index contributed by atoms with van der Waals surface area (Å²) in [5.74, 6) is 1.47. The van der Waals surface area contributed by atoms with Gasteiger partial charge in [0.25, 0.3) is 5.91 Å². The van der Waals surface area contributed by atoms with E-state index in [0.717, 1.165) is 0 Å². The van der Waals surface area contributed by atoms with Crippen LogP contribution in [0.3, 0.4) is 0 Å². The van der Waals surface area contributed by atoms with Crippen LogP contribution in [-0.4, -0.2) is 63.0 Å². The number of rotatable bonds is 8. The fraction of sp³-hybridized carbons (Fsp3) is 0.611. The van der Waals surface area contributed by atoms with Gasteiger partial charge in [-0.25, -0.2) is 0 Å². The molecule has 0 aliphatic carbocycles. The normalized spacial score (nSPS) is 16.6. The zero-order valence-corrected chi connectivity index (χ0v) is 16.5. The van der Waals surface area contributed by atoms with Crippen molar-refractivity contribution in [2.24, 2.45) is 5.73 Å². The van der Waals surface area contributed by atoms with Crippen molar-refractivity contribution in [1.29, 1.82) is 0 Å². The van der Waals surface area contributed by atoms with E-state index in [1.165, 1.54) is 0 Å². The van der Waals surface area contributed by atoms with Crippen LogP contribution in [0.1, 0.15) is 31.1 Å². The highest BCUT2D eigenvalue weighted by Crippen LogP contribution is 2.39. The Morgan fingerprint density at radius 1 is 1.15 bits per heavy atom. The summed E-state index contributed by atoms with van der Waals surface area (Å²) < 4.78 is 22.6. The molecule has 8 heteroatoms. The summed E-state index contributed by atoms with van der Waals surface area (Å²) in [4.78, 5) is 14.7. The number of carbonyl (C=O) groups excluding carboxylic acids is 1. The number of benzene rings is 1. The van der Waals surface area contributed by atoms with E-state index >= 15 is 0 Å². The average Bonchev–Trinajstić information content (AvgIpc) is 2.64. The second kappa shape index (κ2) is 11.1. The van der Waals surface area contributed by atoms with Crippen molar-refractivity contribution in [3.05, 3.63) is 17.7 Å². The Balaban J connectivity index is 0.00000338. The molecule has 1 aromatic rings. The fourth-order valence-corrected chi connectivity index (χ4v) is 2.74. The van der Waals surface area contributed by atoms with Gasteiger partial charge < -0.3 is 29.6 Å². The van der Waals surface area contributed by atoms with Crippen molar-refractivity contribution in [3.8, 4) is 17.2 Å². The molecule has 0 radical (unpaired) electrons. The maximum absolute atomic E-state index is 12.9. The zero-order valence-electron chi connectivity index (χ0n) is 15.7. The fourth-order valence-electron chi connectivity index (χ4n) is 2.74. The van der Waals surface area contributed by atoms with Gasteiger partial charge in [0.05, 0.1) is 32.5 Å². The first-order valence-corrected chi connectivity index (χ1v) is 8.81. The topological polar surface area (TPSA) is 83.2 Å². The van der Waals surface area contributed by atoms with Crippen molar-refractivity contribution in [3.63, 3.8) is 0 Å². The average molecular weight is 389 g/mol. The molecule has 2 rings (SSSR count). The molecule has 1 saturated heterocycles. The highest BCUT2D eigenvalue weighted by atomic mass is 35.5. The molecule has 148 valence electrons. The molecule has 1 amide bonds. The molecule has 1 aromatic carbocycles. The van der Waals surface area contributed by atoms with Gasteiger partial charge in [-0.05, 0) is 32.9 Å². The van der Waals surface area contributed by atoms with Crippen LogP contribution >= 0.6 is 12.4 Å². The minimum atomic E-state index is -0.127. The molecule has 7 nitrogen and oxygen atoms in total. The summed E-state index contributed by atoms with van der Waals surface area (Å²) in [6.45, 7) is 8.99. The van der Waals surface area contributed by atoms with E-state index in [9.17, 15) is 4.79 Å². The van der Waals surface area contributed by atoms with Gasteiger partial charge in [0.15, 0.2) is 11.5 Å². The van der Waals surface area contributed by atoms with Crippen molar-refractivity contribution < 1.29 is 23.7 Å². The number of nitrogens with two attached hydrogens (primary N) is 1. The summed E-state index contributed by atoms with van der Waals surface area (Å²) >= 11 is 0. The van der Waals surface area contributed by atoms with Gasteiger partial charge in [0.1, 0.15) is 0 Å². The number of ether oxygens (including phenoxy) is 4. The highest BCUT2D eigenvalue weighted by Gasteiger charge is 2.26. The molecule has 0 saturated carbocycles. The molecule has 1 aliphatic heterocycles.